The number of carbonyl (C=O) groups excluding carboxylic acids is 1. The van der Waals surface area contributed by atoms with Crippen LogP contribution in [0, 0.1) is 5.21 Å². The number of rotatable bonds is 7. The van der Waals surface area contributed by atoms with E-state index in [9.17, 15) is 29.8 Å². The predicted molar refractivity (Wildman–Crippen MR) is 111 cm³/mol. The summed E-state index contributed by atoms with van der Waals surface area (Å²) >= 11 is 0. The molecule has 0 atom stereocenters. The highest BCUT2D eigenvalue weighted by atomic mass is 16.8. The fourth-order valence-corrected chi connectivity index (χ4v) is 4.20. The third-order valence-corrected chi connectivity index (χ3v) is 5.86. The molecule has 33 heavy (non-hydrogen) atoms. The van der Waals surface area contributed by atoms with E-state index in [0.717, 1.165) is 0 Å². The molecule has 4 N–H and O–H groups in total. The smallest absolute Gasteiger partial charge is 0.334 e. The van der Waals surface area contributed by atoms with Crippen LogP contribution in [0.4, 0.5) is 0 Å². The van der Waals surface area contributed by atoms with Gasteiger partial charge in [-0.3, -0.25) is 9.42 Å². The lowest BCUT2D eigenvalue weighted by molar-refractivity contribution is -0.803. The Labute approximate surface area is 187 Å². The van der Waals surface area contributed by atoms with Crippen molar-refractivity contribution in [1.29, 1.82) is 0 Å². The molecule has 0 spiro atoms. The van der Waals surface area contributed by atoms with E-state index in [2.05, 4.69) is 9.79 Å². The van der Waals surface area contributed by atoms with Crippen LogP contribution in [0.3, 0.4) is 0 Å². The van der Waals surface area contributed by atoms with Gasteiger partial charge >= 0.3 is 11.9 Å². The Morgan fingerprint density at radius 3 is 2.24 bits per heavy atom. The molecule has 0 saturated carbocycles. The van der Waals surface area contributed by atoms with Crippen molar-refractivity contribution in [1.82, 2.24) is 10.1 Å². The van der Waals surface area contributed by atoms with E-state index < -0.39 is 35.6 Å². The summed E-state index contributed by atoms with van der Waals surface area (Å²) in [6.07, 6.45) is 0. The molecule has 1 aliphatic heterocycles. The maximum absolute atomic E-state index is 12.3. The van der Waals surface area contributed by atoms with Crippen molar-refractivity contribution >= 4 is 17.8 Å². The number of primary amides is 1. The zero-order valence-electron chi connectivity index (χ0n) is 18.3. The number of hydrogen-bond acceptors (Lipinski definition) is 8. The first kappa shape index (κ1) is 23.3. The van der Waals surface area contributed by atoms with Crippen LogP contribution < -0.4 is 15.4 Å². The average molecular weight is 458 g/mol. The second-order valence-electron chi connectivity index (χ2n) is 7.59. The molecule has 174 valence electrons. The monoisotopic (exact) mass is 458 g/mol. The van der Waals surface area contributed by atoms with Crippen molar-refractivity contribution in [2.75, 3.05) is 7.05 Å². The Balaban J connectivity index is 2.18. The molecule has 3 rings (SSSR count). The third kappa shape index (κ3) is 3.64. The number of hydrogen-bond donors (Lipinski definition) is 3. The van der Waals surface area contributed by atoms with Gasteiger partial charge in [-0.05, 0) is 31.7 Å². The third-order valence-electron chi connectivity index (χ3n) is 5.86. The number of aliphatic carboxylic acids is 2. The zero-order valence-corrected chi connectivity index (χ0v) is 18.3. The van der Waals surface area contributed by atoms with Crippen LogP contribution >= 0.6 is 0 Å². The van der Waals surface area contributed by atoms with Crippen LogP contribution in [0.15, 0.2) is 51.4 Å². The van der Waals surface area contributed by atoms with Gasteiger partial charge in [0, 0.05) is 29.2 Å². The quantitative estimate of drug-likeness (QED) is 0.504. The standard InChI is InChI=1S/C21H22N4O8/c1-10-15(19(27)28)21(3,16(20(29)30)11(2)24(10)4)12-7-5-6-8-14(12)32-9-13-17(18(22)26)25(31)33-23-13/h5-8H,9H2,1-4H3,(H2,22,26)(H,27,28)(H,29,30). The van der Waals surface area contributed by atoms with E-state index in [4.69, 9.17) is 10.5 Å². The molecule has 1 aromatic carbocycles. The highest BCUT2D eigenvalue weighted by Gasteiger charge is 2.49. The molecule has 0 bridgehead atoms. The number of nitrogens with two attached hydrogens (primary N) is 1. The Morgan fingerprint density at radius 2 is 1.73 bits per heavy atom. The minimum absolute atomic E-state index is 0.124. The lowest BCUT2D eigenvalue weighted by Crippen LogP contribution is -2.43. The number of aromatic nitrogens is 2. The maximum Gasteiger partial charge on any atom is 0.334 e. The molecule has 0 aliphatic carbocycles. The van der Waals surface area contributed by atoms with Crippen molar-refractivity contribution < 1.29 is 38.9 Å². The molecule has 0 radical (unpaired) electrons. The average Bonchev–Trinajstić information content (AvgIpc) is 3.11. The van der Waals surface area contributed by atoms with Crippen LogP contribution in [0.25, 0.3) is 0 Å². The van der Waals surface area contributed by atoms with Crippen LogP contribution in [-0.2, 0) is 21.6 Å². The molecule has 2 aromatic rings. The highest BCUT2D eigenvalue weighted by Crippen LogP contribution is 2.49. The van der Waals surface area contributed by atoms with E-state index in [-0.39, 0.29) is 33.1 Å². The van der Waals surface area contributed by atoms with Crippen LogP contribution in [0.1, 0.15) is 42.5 Å². The summed E-state index contributed by atoms with van der Waals surface area (Å²) in [7, 11) is 1.59. The van der Waals surface area contributed by atoms with E-state index in [1.54, 1.807) is 39.1 Å². The highest BCUT2D eigenvalue weighted by molar-refractivity contribution is 6.00. The molecule has 12 heteroatoms. The topological polar surface area (TPSA) is 183 Å². The Morgan fingerprint density at radius 1 is 1.18 bits per heavy atom. The van der Waals surface area contributed by atoms with Gasteiger partial charge in [-0.1, -0.05) is 18.2 Å². The van der Waals surface area contributed by atoms with E-state index in [1.807, 2.05) is 0 Å². The minimum atomic E-state index is -1.61. The van der Waals surface area contributed by atoms with Gasteiger partial charge in [-0.25, -0.2) is 9.59 Å². The lowest BCUT2D eigenvalue weighted by atomic mass is 9.66. The number of nitrogens with zero attached hydrogens (tertiary/aromatic N) is 3. The Bertz CT molecular complexity index is 1190. The number of benzene rings is 1. The molecule has 0 saturated heterocycles. The molecular formula is C21H22N4O8. The van der Waals surface area contributed by atoms with E-state index in [1.165, 1.54) is 17.9 Å². The van der Waals surface area contributed by atoms with Gasteiger partial charge in [-0.2, -0.15) is 0 Å². The second kappa shape index (κ2) is 8.30. The van der Waals surface area contributed by atoms with Gasteiger partial charge in [0.2, 0.25) is 0 Å². The molecule has 12 nitrogen and oxygen atoms in total. The van der Waals surface area contributed by atoms with Gasteiger partial charge in [0.15, 0.2) is 6.61 Å². The van der Waals surface area contributed by atoms with Crippen molar-refractivity contribution in [3.05, 3.63) is 69.0 Å². The zero-order chi connectivity index (χ0) is 24.7. The Kier molecular flexibility index (Phi) is 5.86. The summed E-state index contributed by atoms with van der Waals surface area (Å²) in [6, 6.07) is 6.29. The number of carbonyl (C=O) groups is 3. The first-order valence-corrected chi connectivity index (χ1v) is 9.66. The van der Waals surface area contributed by atoms with E-state index >= 15 is 0 Å². The normalized spacial score (nSPS) is 15.6. The summed E-state index contributed by atoms with van der Waals surface area (Å²) in [6.45, 7) is 4.27. The van der Waals surface area contributed by atoms with Crippen LogP contribution in [-0.4, -0.2) is 45.2 Å². The molecular weight excluding hydrogens is 436 g/mol. The molecule has 1 amide bonds. The number of allylic oxidation sites excluding steroid dienone is 2. The summed E-state index contributed by atoms with van der Waals surface area (Å²) in [5.41, 5.74) is 3.57. The number of carboxylic acid groups (broad SMARTS) is 2. The van der Waals surface area contributed by atoms with Crippen molar-refractivity contribution in [2.24, 2.45) is 5.73 Å². The number of amides is 1. The van der Waals surface area contributed by atoms with Crippen molar-refractivity contribution in [3.8, 4) is 5.75 Å². The van der Waals surface area contributed by atoms with Crippen molar-refractivity contribution in [3.63, 3.8) is 0 Å². The molecule has 0 unspecified atom stereocenters. The molecule has 0 fully saturated rings. The minimum Gasteiger partial charge on any atom is -0.484 e. The molecule has 1 aliphatic rings. The van der Waals surface area contributed by atoms with Gasteiger partial charge in [0.1, 0.15) is 5.75 Å². The first-order valence-electron chi connectivity index (χ1n) is 9.66. The first-order chi connectivity index (χ1) is 15.4. The van der Waals surface area contributed by atoms with Gasteiger partial charge in [0.25, 0.3) is 17.3 Å². The van der Waals surface area contributed by atoms with Gasteiger partial charge in [-0.15, -0.1) is 0 Å². The summed E-state index contributed by atoms with van der Waals surface area (Å²) in [5.74, 6) is -3.52. The van der Waals surface area contributed by atoms with Crippen molar-refractivity contribution in [2.45, 2.75) is 32.8 Å². The SMILES string of the molecule is CC1=C(C(=O)O)C(C)(c2ccccc2OCc2no[n+]([O-])c2C(N)=O)C(C(=O)O)=C(C)N1C. The fraction of sp³-hybridized carbons (Fsp3) is 0.286. The number of para-hydroxylation sites is 1. The van der Waals surface area contributed by atoms with Crippen LogP contribution in [0.5, 0.6) is 5.75 Å². The maximum atomic E-state index is 12.3. The molecule has 1 aromatic heterocycles. The lowest BCUT2D eigenvalue weighted by Gasteiger charge is -2.42. The van der Waals surface area contributed by atoms with Gasteiger partial charge < -0.3 is 30.8 Å². The van der Waals surface area contributed by atoms with Crippen LogP contribution in [0.2, 0.25) is 0 Å². The Hall–Kier alpha value is -4.35. The fourth-order valence-electron chi connectivity index (χ4n) is 4.20. The van der Waals surface area contributed by atoms with E-state index in [0.29, 0.717) is 11.4 Å². The summed E-state index contributed by atoms with van der Waals surface area (Å²) < 4.78 is 10.2. The number of carboxylic acids is 2. The largest absolute Gasteiger partial charge is 0.484 e. The number of ether oxygens (including phenoxy) is 1. The second-order valence-corrected chi connectivity index (χ2v) is 7.59. The summed E-state index contributed by atoms with van der Waals surface area (Å²) in [5, 5.41) is 35.2. The van der Waals surface area contributed by atoms with Gasteiger partial charge in [0.05, 0.1) is 16.6 Å². The molecule has 2 heterocycles. The summed E-state index contributed by atoms with van der Waals surface area (Å²) in [4.78, 5) is 37.6. The predicted octanol–water partition coefficient (Wildman–Crippen LogP) is 0.906.